The lowest BCUT2D eigenvalue weighted by atomic mass is 10.0. The van der Waals surface area contributed by atoms with Crippen molar-refractivity contribution in [3.8, 4) is 16.9 Å². The summed E-state index contributed by atoms with van der Waals surface area (Å²) < 4.78 is 12.7. The Labute approximate surface area is 148 Å². The van der Waals surface area contributed by atoms with Gasteiger partial charge in [-0.1, -0.05) is 18.2 Å². The maximum atomic E-state index is 10.3. The number of benzene rings is 2. The van der Waals surface area contributed by atoms with Crippen LogP contribution in [0.3, 0.4) is 0 Å². The molecule has 0 aliphatic rings. The van der Waals surface area contributed by atoms with Gasteiger partial charge in [-0.25, -0.2) is 4.79 Å². The molecule has 2 aromatic carbocycles. The van der Waals surface area contributed by atoms with Crippen LogP contribution in [0.1, 0.15) is 0 Å². The van der Waals surface area contributed by atoms with Crippen molar-refractivity contribution in [2.75, 3.05) is 0 Å². The average molecular weight is 502 g/mol. The van der Waals surface area contributed by atoms with Crippen LogP contribution in [0.15, 0.2) is 53.3 Å². The van der Waals surface area contributed by atoms with Crippen molar-refractivity contribution in [3.63, 3.8) is 0 Å². The molecule has 1 heterocycles. The molecule has 0 aliphatic heterocycles. The number of hydrogen-bond donors (Lipinski definition) is 0. The normalized spacial score (nSPS) is 10.4. The number of para-hydroxylation sites is 1. The quantitative estimate of drug-likeness (QED) is 0.287. The summed E-state index contributed by atoms with van der Waals surface area (Å²) in [4.78, 5) is 10.3. The van der Waals surface area contributed by atoms with Gasteiger partial charge in [-0.05, 0) is 68.9 Å². The third-order valence-electron chi connectivity index (χ3n) is 3.02. The summed E-state index contributed by atoms with van der Waals surface area (Å²) in [5.41, 5.74) is 2.96. The van der Waals surface area contributed by atoms with Gasteiger partial charge >= 0.3 is 0 Å². The van der Waals surface area contributed by atoms with E-state index in [9.17, 15) is 4.79 Å². The van der Waals surface area contributed by atoms with Gasteiger partial charge in [0.05, 0.1) is 13.4 Å². The monoisotopic (exact) mass is 502 g/mol. The van der Waals surface area contributed by atoms with Crippen LogP contribution in [0, 0.1) is 7.14 Å². The molecule has 0 bridgehead atoms. The molecule has 0 unspecified atom stereocenters. The zero-order valence-electron chi connectivity index (χ0n) is 10.6. The van der Waals surface area contributed by atoms with Gasteiger partial charge in [0.2, 0.25) is 0 Å². The molecule has 0 fully saturated rings. The Morgan fingerprint density at radius 3 is 2.57 bits per heavy atom. The molecule has 21 heavy (non-hydrogen) atoms. The first-order chi connectivity index (χ1) is 10.2. The fourth-order valence-corrected chi connectivity index (χ4v) is 4.13. The maximum Gasteiger partial charge on any atom is 0.174 e. The van der Waals surface area contributed by atoms with Gasteiger partial charge in [0.25, 0.3) is 0 Å². The molecule has 0 atom stereocenters. The van der Waals surface area contributed by atoms with E-state index in [4.69, 9.17) is 9.15 Å². The highest BCUT2D eigenvalue weighted by Gasteiger charge is 2.13. The van der Waals surface area contributed by atoms with Gasteiger partial charge in [-0.2, -0.15) is 0 Å². The van der Waals surface area contributed by atoms with Gasteiger partial charge in [-0.3, -0.25) is 0 Å². The van der Waals surface area contributed by atoms with E-state index in [1.54, 1.807) is 12.2 Å². The molecule has 0 aliphatic carbocycles. The fourth-order valence-electron chi connectivity index (χ4n) is 2.11. The predicted octanol–water partition coefficient (Wildman–Crippen LogP) is 5.03. The van der Waals surface area contributed by atoms with Crippen molar-refractivity contribution in [3.05, 3.63) is 56.1 Å². The van der Waals surface area contributed by atoms with Gasteiger partial charge in [-0.15, -0.1) is 0 Å². The van der Waals surface area contributed by atoms with E-state index in [2.05, 4.69) is 45.2 Å². The molecule has 0 saturated carbocycles. The maximum absolute atomic E-state index is 10.3. The standard InChI is InChI=1S/C16H8I2O3/c17-13-7-10(8-14(18)16(13)20-6-5-19)12-9-21-15-4-2-1-3-11(12)15/h1-4,6-9H. The zero-order valence-corrected chi connectivity index (χ0v) is 14.9. The lowest BCUT2D eigenvalue weighted by Crippen LogP contribution is -1.91. The first kappa shape index (κ1) is 14.6. The molecule has 0 saturated heterocycles. The SMILES string of the molecule is O=C=COc1c(I)cc(-c2coc3ccccc23)cc1I. The highest BCUT2D eigenvalue weighted by atomic mass is 127. The van der Waals surface area contributed by atoms with E-state index in [-0.39, 0.29) is 0 Å². The van der Waals surface area contributed by atoms with Crippen molar-refractivity contribution in [1.82, 2.24) is 0 Å². The van der Waals surface area contributed by atoms with Crippen molar-refractivity contribution < 1.29 is 13.9 Å². The first-order valence-electron chi connectivity index (χ1n) is 6.02. The third kappa shape index (κ3) is 2.86. The molecule has 3 rings (SSSR count). The second kappa shape index (κ2) is 6.21. The lowest BCUT2D eigenvalue weighted by Gasteiger charge is -2.08. The molecule has 3 nitrogen and oxygen atoms in total. The van der Waals surface area contributed by atoms with Crippen molar-refractivity contribution >= 4 is 62.1 Å². The van der Waals surface area contributed by atoms with Crippen molar-refractivity contribution in [1.29, 1.82) is 0 Å². The molecule has 104 valence electrons. The Morgan fingerprint density at radius 2 is 1.86 bits per heavy atom. The molecular weight excluding hydrogens is 494 g/mol. The highest BCUT2D eigenvalue weighted by Crippen LogP contribution is 2.36. The van der Waals surface area contributed by atoms with Crippen LogP contribution in [0.25, 0.3) is 22.1 Å². The summed E-state index contributed by atoms with van der Waals surface area (Å²) in [6.07, 6.45) is 2.78. The number of furan rings is 1. The molecule has 0 radical (unpaired) electrons. The smallest absolute Gasteiger partial charge is 0.174 e. The molecule has 5 heteroatoms. The molecule has 3 aromatic rings. The van der Waals surface area contributed by atoms with Crippen LogP contribution in [0.2, 0.25) is 0 Å². The largest absolute Gasteiger partial charge is 0.464 e. The Morgan fingerprint density at radius 1 is 1.14 bits per heavy atom. The van der Waals surface area contributed by atoms with Gasteiger partial charge < -0.3 is 9.15 Å². The number of halogens is 2. The number of hydrogen-bond acceptors (Lipinski definition) is 3. The number of rotatable bonds is 3. The number of fused-ring (bicyclic) bond motifs is 1. The minimum Gasteiger partial charge on any atom is -0.464 e. The minimum atomic E-state index is 0.663. The third-order valence-corrected chi connectivity index (χ3v) is 4.62. The summed E-state index contributed by atoms with van der Waals surface area (Å²) in [5, 5.41) is 1.07. The summed E-state index contributed by atoms with van der Waals surface area (Å²) in [6.45, 7) is 0. The van der Waals surface area contributed by atoms with Crippen LogP contribution in [0.4, 0.5) is 0 Å². The van der Waals surface area contributed by atoms with E-state index in [1.807, 2.05) is 36.4 Å². The molecular formula is C16H8I2O3. The van der Waals surface area contributed by atoms with Crippen LogP contribution < -0.4 is 4.74 Å². The summed E-state index contributed by atoms with van der Waals surface area (Å²) in [6, 6.07) is 11.9. The van der Waals surface area contributed by atoms with E-state index in [0.717, 1.165) is 35.5 Å². The van der Waals surface area contributed by atoms with Crippen LogP contribution >= 0.6 is 45.2 Å². The van der Waals surface area contributed by atoms with Gasteiger partial charge in [0.1, 0.15) is 5.58 Å². The fraction of sp³-hybridized carbons (Fsp3) is 0. The Kier molecular flexibility index (Phi) is 4.32. The zero-order chi connectivity index (χ0) is 14.8. The van der Waals surface area contributed by atoms with E-state index in [1.165, 1.54) is 0 Å². The molecule has 1 aromatic heterocycles. The Bertz CT molecular complexity index is 838. The summed E-state index contributed by atoms with van der Waals surface area (Å²) >= 11 is 4.38. The molecule has 0 N–H and O–H groups in total. The topological polar surface area (TPSA) is 39.4 Å². The van der Waals surface area contributed by atoms with Crippen molar-refractivity contribution in [2.24, 2.45) is 0 Å². The lowest BCUT2D eigenvalue weighted by molar-refractivity contribution is 0.470. The number of ether oxygens (including phenoxy) is 1. The Balaban J connectivity index is 2.13. The van der Waals surface area contributed by atoms with Gasteiger partial charge in [0, 0.05) is 10.9 Å². The number of carbonyl (C=O) groups excluding carboxylic acids is 1. The van der Waals surface area contributed by atoms with E-state index >= 15 is 0 Å². The molecule has 0 amide bonds. The second-order valence-electron chi connectivity index (χ2n) is 4.27. The van der Waals surface area contributed by atoms with Crippen LogP contribution in [-0.2, 0) is 4.79 Å². The minimum absolute atomic E-state index is 0.663. The van der Waals surface area contributed by atoms with Crippen molar-refractivity contribution in [2.45, 2.75) is 0 Å². The van der Waals surface area contributed by atoms with Crippen LogP contribution in [-0.4, -0.2) is 5.94 Å². The van der Waals surface area contributed by atoms with Crippen LogP contribution in [0.5, 0.6) is 5.75 Å². The molecule has 0 spiro atoms. The summed E-state index contributed by atoms with van der Waals surface area (Å²) in [5.74, 6) is 2.28. The highest BCUT2D eigenvalue weighted by molar-refractivity contribution is 14.1. The first-order valence-corrected chi connectivity index (χ1v) is 8.18. The second-order valence-corrected chi connectivity index (χ2v) is 6.59. The predicted molar refractivity (Wildman–Crippen MR) is 98.0 cm³/mol. The summed E-state index contributed by atoms with van der Waals surface area (Å²) in [7, 11) is 0. The Hall–Kier alpha value is -1.31. The van der Waals surface area contributed by atoms with E-state index < -0.39 is 0 Å². The van der Waals surface area contributed by atoms with Gasteiger partial charge in [0.15, 0.2) is 18.0 Å². The van der Waals surface area contributed by atoms with E-state index in [0.29, 0.717) is 5.75 Å². The average Bonchev–Trinajstić information content (AvgIpc) is 2.90.